The smallest absolute Gasteiger partial charge is 0.192 e. The number of anilines is 1. The summed E-state index contributed by atoms with van der Waals surface area (Å²) in [5.41, 5.74) is 8.24. The predicted molar refractivity (Wildman–Crippen MR) is 180 cm³/mol. The maximum absolute atomic E-state index is 13.0. The topological polar surface area (TPSA) is 138 Å². The first-order chi connectivity index (χ1) is 21.1. The number of benzene rings is 2. The third-order valence-electron chi connectivity index (χ3n) is 8.02. The fourth-order valence-corrected chi connectivity index (χ4v) is 5.27. The van der Waals surface area contributed by atoms with Crippen LogP contribution in [0.4, 0.5) is 5.69 Å². The summed E-state index contributed by atoms with van der Waals surface area (Å²) >= 11 is 0. The molecule has 0 saturated carbocycles. The Bertz CT molecular complexity index is 1230. The molecule has 9 nitrogen and oxygen atoms in total. The number of methoxy groups -OCH3 is 1. The normalized spacial score (nSPS) is 13.9. The molecule has 244 valence electrons. The lowest BCUT2D eigenvalue weighted by Gasteiger charge is -2.23. The first-order valence-corrected chi connectivity index (χ1v) is 15.8. The van der Waals surface area contributed by atoms with Gasteiger partial charge in [0, 0.05) is 20.0 Å². The zero-order valence-corrected chi connectivity index (χ0v) is 27.5. The average molecular weight is 611 g/mol. The van der Waals surface area contributed by atoms with Crippen LogP contribution in [0, 0.1) is 17.8 Å². The van der Waals surface area contributed by atoms with Gasteiger partial charge in [-0.05, 0) is 79.1 Å². The lowest BCUT2D eigenvalue weighted by atomic mass is 9.83. The molecule has 0 saturated heterocycles. The minimum atomic E-state index is -0.0254. The summed E-state index contributed by atoms with van der Waals surface area (Å²) in [5, 5.41) is 26.8. The number of carbonyl (C=O) groups excluding carboxylic acids is 1. The van der Waals surface area contributed by atoms with Crippen molar-refractivity contribution in [3.05, 3.63) is 53.6 Å². The Morgan fingerprint density at radius 1 is 1.09 bits per heavy atom. The molecule has 0 aliphatic carbocycles. The number of allylic oxidation sites excluding steroid dienone is 2. The Labute approximate surface area is 264 Å². The number of phenolic OH excluding ortho intramolecular Hbond substituents is 2. The Hall–Kier alpha value is -3.72. The molecule has 0 fully saturated rings. The second-order valence-electron chi connectivity index (χ2n) is 11.7. The fraction of sp³-hybridized carbons (Fsp3) is 0.543. The number of hydrogen-bond acceptors (Lipinski definition) is 7. The second kappa shape index (κ2) is 19.5. The Morgan fingerprint density at radius 3 is 2.52 bits per heavy atom. The molecular weight excluding hydrogens is 556 g/mol. The molecule has 0 aliphatic heterocycles. The summed E-state index contributed by atoms with van der Waals surface area (Å²) in [6.45, 7) is 7.81. The van der Waals surface area contributed by atoms with E-state index < -0.39 is 0 Å². The fourth-order valence-electron chi connectivity index (χ4n) is 5.27. The lowest BCUT2D eigenvalue weighted by molar-refractivity contribution is -0.114. The van der Waals surface area contributed by atoms with Gasteiger partial charge >= 0.3 is 0 Å². The van der Waals surface area contributed by atoms with Gasteiger partial charge in [-0.25, -0.2) is 0 Å². The van der Waals surface area contributed by atoms with Crippen LogP contribution in [0.2, 0.25) is 0 Å². The molecule has 3 atom stereocenters. The minimum Gasteiger partial charge on any atom is -0.504 e. The number of rotatable bonds is 20. The Morgan fingerprint density at radius 2 is 1.84 bits per heavy atom. The largest absolute Gasteiger partial charge is 0.504 e. The third kappa shape index (κ3) is 12.5. The molecule has 44 heavy (non-hydrogen) atoms. The number of ketones is 1. The number of phenols is 2. The molecule has 2 aromatic carbocycles. The van der Waals surface area contributed by atoms with Crippen molar-refractivity contribution >= 4 is 17.4 Å². The van der Waals surface area contributed by atoms with Crippen LogP contribution in [0.25, 0.3) is 0 Å². The highest BCUT2D eigenvalue weighted by molar-refractivity contribution is 5.94. The van der Waals surface area contributed by atoms with Gasteiger partial charge in [0.05, 0.1) is 12.8 Å². The van der Waals surface area contributed by atoms with Gasteiger partial charge in [0.2, 0.25) is 0 Å². The Balaban J connectivity index is 2.28. The highest BCUT2D eigenvalue weighted by Crippen LogP contribution is 2.37. The van der Waals surface area contributed by atoms with Crippen LogP contribution in [0.1, 0.15) is 70.4 Å². The van der Waals surface area contributed by atoms with Gasteiger partial charge in [0.15, 0.2) is 34.7 Å². The van der Waals surface area contributed by atoms with Crippen LogP contribution in [0.5, 0.6) is 23.0 Å². The third-order valence-corrected chi connectivity index (χ3v) is 8.02. The molecule has 0 spiro atoms. The first kappa shape index (κ1) is 36.5. The van der Waals surface area contributed by atoms with E-state index in [0.717, 1.165) is 24.0 Å². The van der Waals surface area contributed by atoms with E-state index in [2.05, 4.69) is 36.4 Å². The standard InChI is InChI=1S/C35H54N4O5/c1-7-9-24(2)10-8-11-25(3)28(14-16-29(40)15-12-26-13-17-31(41)32(22-26)43-6)20-27-21-30(39-35(36)38-5)34(42)33(23-27)44-19-18-37-4/h13-14,16-17,21-25,28,37,41-42H,7-12,15,18-20H2,1-6H3,(H3,36,38,39). The van der Waals surface area contributed by atoms with Crippen LogP contribution >= 0.6 is 0 Å². The van der Waals surface area contributed by atoms with Crippen molar-refractivity contribution in [3.8, 4) is 23.0 Å². The SMILES string of the molecule is CCCC(C)CCCC(C)C(C=CC(=O)CCc1ccc(O)c(OC)c1)Cc1cc(NC(N)=NC)c(O)c(OCCNC)c1. The van der Waals surface area contributed by atoms with Crippen LogP contribution < -0.4 is 25.8 Å². The summed E-state index contributed by atoms with van der Waals surface area (Å²) in [5.74, 6) is 2.17. The minimum absolute atomic E-state index is 0.0254. The van der Waals surface area contributed by atoms with E-state index in [1.54, 1.807) is 25.3 Å². The molecule has 2 aromatic rings. The van der Waals surface area contributed by atoms with E-state index in [4.69, 9.17) is 15.2 Å². The molecule has 9 heteroatoms. The lowest BCUT2D eigenvalue weighted by Crippen LogP contribution is -2.22. The van der Waals surface area contributed by atoms with E-state index in [0.29, 0.717) is 61.4 Å². The van der Waals surface area contributed by atoms with Crippen molar-refractivity contribution in [2.45, 2.75) is 72.1 Å². The molecule has 0 bridgehead atoms. The maximum Gasteiger partial charge on any atom is 0.192 e. The molecular formula is C35H54N4O5. The molecule has 0 aliphatic rings. The van der Waals surface area contributed by atoms with E-state index in [-0.39, 0.29) is 29.2 Å². The number of aromatic hydroxyl groups is 2. The highest BCUT2D eigenvalue weighted by atomic mass is 16.5. The number of guanidine groups is 1. The van der Waals surface area contributed by atoms with Crippen LogP contribution in [0.15, 0.2) is 47.5 Å². The Kier molecular flexibility index (Phi) is 16.2. The van der Waals surface area contributed by atoms with Gasteiger partial charge in [-0.2, -0.15) is 0 Å². The molecule has 6 N–H and O–H groups in total. The van der Waals surface area contributed by atoms with E-state index in [9.17, 15) is 15.0 Å². The van der Waals surface area contributed by atoms with Crippen molar-refractivity contribution < 1.29 is 24.5 Å². The first-order valence-electron chi connectivity index (χ1n) is 15.8. The monoisotopic (exact) mass is 610 g/mol. The van der Waals surface area contributed by atoms with Gasteiger partial charge in [0.25, 0.3) is 0 Å². The van der Waals surface area contributed by atoms with Gasteiger partial charge in [-0.3, -0.25) is 9.79 Å². The van der Waals surface area contributed by atoms with Crippen LogP contribution in [-0.4, -0.2) is 56.3 Å². The number of nitrogens with zero attached hydrogens (tertiary/aromatic N) is 1. The summed E-state index contributed by atoms with van der Waals surface area (Å²) in [7, 11) is 4.93. The number of nitrogens with one attached hydrogen (secondary N) is 2. The number of aliphatic imine (C=N–C) groups is 1. The molecule has 3 unspecified atom stereocenters. The molecule has 0 radical (unpaired) electrons. The van der Waals surface area contributed by atoms with Crippen molar-refractivity contribution in [1.29, 1.82) is 0 Å². The zero-order chi connectivity index (χ0) is 32.5. The van der Waals surface area contributed by atoms with Gasteiger partial charge in [-0.15, -0.1) is 0 Å². The summed E-state index contributed by atoms with van der Waals surface area (Å²) in [6.07, 6.45) is 11.1. The number of nitrogens with two attached hydrogens (primary N) is 1. The summed E-state index contributed by atoms with van der Waals surface area (Å²) in [4.78, 5) is 16.9. The van der Waals surface area contributed by atoms with Crippen molar-refractivity contribution in [2.75, 3.05) is 39.7 Å². The summed E-state index contributed by atoms with van der Waals surface area (Å²) < 4.78 is 11.1. The van der Waals surface area contributed by atoms with Gasteiger partial charge in [-0.1, -0.05) is 65.0 Å². The quantitative estimate of drug-likeness (QED) is 0.0392. The number of likely N-dealkylation sites (N-methyl/N-ethyl adjacent to an activating group) is 1. The molecule has 0 heterocycles. The predicted octanol–water partition coefficient (Wildman–Crippen LogP) is 6.22. The van der Waals surface area contributed by atoms with E-state index in [1.165, 1.54) is 26.4 Å². The molecule has 0 amide bonds. The van der Waals surface area contributed by atoms with E-state index >= 15 is 0 Å². The van der Waals surface area contributed by atoms with Crippen LogP contribution in [0.3, 0.4) is 0 Å². The zero-order valence-electron chi connectivity index (χ0n) is 27.5. The number of aryl methyl sites for hydroxylation is 1. The number of carbonyl (C=O) groups is 1. The second-order valence-corrected chi connectivity index (χ2v) is 11.7. The molecule has 2 rings (SSSR count). The van der Waals surface area contributed by atoms with Gasteiger partial charge < -0.3 is 36.1 Å². The van der Waals surface area contributed by atoms with Crippen molar-refractivity contribution in [3.63, 3.8) is 0 Å². The number of hydrogen-bond donors (Lipinski definition) is 5. The molecule has 0 aromatic heterocycles. The average Bonchev–Trinajstić information content (AvgIpc) is 3.00. The van der Waals surface area contributed by atoms with E-state index in [1.807, 2.05) is 31.3 Å². The summed E-state index contributed by atoms with van der Waals surface area (Å²) in [6, 6.07) is 8.90. The number of ether oxygens (including phenoxy) is 2. The van der Waals surface area contributed by atoms with Crippen molar-refractivity contribution in [1.82, 2.24) is 5.32 Å². The van der Waals surface area contributed by atoms with Crippen molar-refractivity contribution in [2.24, 2.45) is 28.5 Å². The van der Waals surface area contributed by atoms with Crippen LogP contribution in [-0.2, 0) is 17.6 Å². The maximum atomic E-state index is 13.0. The highest BCUT2D eigenvalue weighted by Gasteiger charge is 2.20. The van der Waals surface area contributed by atoms with Gasteiger partial charge in [0.1, 0.15) is 6.61 Å².